The van der Waals surface area contributed by atoms with E-state index in [1.54, 1.807) is 17.3 Å². The Morgan fingerprint density at radius 2 is 2.00 bits per heavy atom. The fourth-order valence-electron chi connectivity index (χ4n) is 4.18. The van der Waals surface area contributed by atoms with E-state index in [0.29, 0.717) is 30.8 Å². The molecule has 1 atom stereocenters. The smallest absolute Gasteiger partial charge is 0.241 e. The normalized spacial score (nSPS) is 20.0. The van der Waals surface area contributed by atoms with Gasteiger partial charge in [-0.15, -0.1) is 0 Å². The molecule has 1 aliphatic heterocycles. The second kappa shape index (κ2) is 7.66. The molecule has 0 unspecified atom stereocenters. The van der Waals surface area contributed by atoms with Gasteiger partial charge in [0.1, 0.15) is 12.5 Å². The fraction of sp³-hybridized carbons (Fsp3) is 0.455. The van der Waals surface area contributed by atoms with E-state index >= 15 is 0 Å². The number of pyridine rings is 2. The van der Waals surface area contributed by atoms with Crippen molar-refractivity contribution in [3.05, 3.63) is 51.4 Å². The Labute approximate surface area is 186 Å². The van der Waals surface area contributed by atoms with Crippen LogP contribution in [-0.4, -0.2) is 43.1 Å². The molecule has 1 aliphatic carbocycles. The maximum atomic E-state index is 13.7. The van der Waals surface area contributed by atoms with Gasteiger partial charge in [-0.3, -0.25) is 19.5 Å². The van der Waals surface area contributed by atoms with E-state index in [-0.39, 0.29) is 18.4 Å². The minimum atomic E-state index is -1.21. The van der Waals surface area contributed by atoms with Gasteiger partial charge in [-0.1, -0.05) is 19.6 Å². The molecule has 3 heterocycles. The van der Waals surface area contributed by atoms with Crippen LogP contribution in [0.25, 0.3) is 0 Å². The van der Waals surface area contributed by atoms with Crippen LogP contribution in [0.2, 0.25) is 25.7 Å². The van der Waals surface area contributed by atoms with Gasteiger partial charge in [0.15, 0.2) is 5.78 Å². The molecule has 2 aromatic heterocycles. The number of nitrogens with zero attached hydrogens (tertiary/aromatic N) is 3. The van der Waals surface area contributed by atoms with E-state index in [0.717, 1.165) is 27.3 Å². The zero-order valence-electron chi connectivity index (χ0n) is 17.8. The summed E-state index contributed by atoms with van der Waals surface area (Å²) in [6.07, 6.45) is 4.35. The number of amides is 1. The monoisotopic (exact) mass is 487 g/mol. The average Bonchev–Trinajstić information content (AvgIpc) is 3.15. The van der Waals surface area contributed by atoms with Gasteiger partial charge >= 0.3 is 0 Å². The first kappa shape index (κ1) is 21.3. The molecule has 2 aromatic rings. The van der Waals surface area contributed by atoms with Gasteiger partial charge in [-0.25, -0.2) is 4.98 Å². The summed E-state index contributed by atoms with van der Waals surface area (Å²) in [5.41, 5.74) is 2.58. The molecule has 0 fully saturated rings. The van der Waals surface area contributed by atoms with Gasteiger partial charge in [0.2, 0.25) is 5.91 Å². The number of Topliss-reactive ketones (excluding diaryl/α,β-unsaturated/α-hetero) is 1. The van der Waals surface area contributed by atoms with Crippen LogP contribution in [-0.2, 0) is 27.8 Å². The number of rotatable bonds is 6. The molecular formula is C22H26BrN3O3Si. The van der Waals surface area contributed by atoms with Crippen molar-refractivity contribution in [3.63, 3.8) is 0 Å². The lowest BCUT2D eigenvalue weighted by Gasteiger charge is -2.23. The average molecular weight is 488 g/mol. The van der Waals surface area contributed by atoms with Crippen LogP contribution in [0.4, 0.5) is 5.82 Å². The van der Waals surface area contributed by atoms with Gasteiger partial charge in [0.25, 0.3) is 0 Å². The fourth-order valence-corrected chi connectivity index (χ4v) is 5.27. The summed E-state index contributed by atoms with van der Waals surface area (Å²) in [7, 11) is -1.21. The third-order valence-electron chi connectivity index (χ3n) is 5.90. The van der Waals surface area contributed by atoms with Crippen LogP contribution < -0.4 is 4.90 Å². The van der Waals surface area contributed by atoms with Gasteiger partial charge < -0.3 is 4.74 Å². The summed E-state index contributed by atoms with van der Waals surface area (Å²) in [5.74, 6) is 0.639. The molecule has 0 aromatic carbocycles. The molecule has 1 spiro atoms. The molecule has 2 aliphatic rings. The third kappa shape index (κ3) is 3.76. The van der Waals surface area contributed by atoms with Gasteiger partial charge in [0.05, 0.1) is 5.41 Å². The highest BCUT2D eigenvalue weighted by Crippen LogP contribution is 2.49. The van der Waals surface area contributed by atoms with Crippen LogP contribution in [0.15, 0.2) is 29.0 Å². The molecular weight excluding hydrogens is 462 g/mol. The summed E-state index contributed by atoms with van der Waals surface area (Å²) in [6.45, 7) is 9.29. The maximum absolute atomic E-state index is 13.7. The van der Waals surface area contributed by atoms with Crippen LogP contribution in [0, 0.1) is 0 Å². The number of fused-ring (bicyclic) bond motifs is 3. The van der Waals surface area contributed by atoms with E-state index < -0.39 is 13.5 Å². The number of anilines is 1. The minimum Gasteiger partial charge on any atom is -0.361 e. The van der Waals surface area contributed by atoms with Crippen molar-refractivity contribution in [2.75, 3.05) is 18.2 Å². The lowest BCUT2D eigenvalue weighted by molar-refractivity contribution is -0.124. The molecule has 4 rings (SSSR count). The van der Waals surface area contributed by atoms with Gasteiger partial charge in [-0.05, 0) is 53.0 Å². The van der Waals surface area contributed by atoms with Crippen molar-refractivity contribution in [3.8, 4) is 0 Å². The van der Waals surface area contributed by atoms with Crippen LogP contribution >= 0.6 is 15.9 Å². The predicted octanol–water partition coefficient (Wildman–Crippen LogP) is 4.14. The van der Waals surface area contributed by atoms with Crippen molar-refractivity contribution in [1.82, 2.24) is 9.97 Å². The Balaban J connectivity index is 1.64. The van der Waals surface area contributed by atoms with E-state index in [2.05, 4.69) is 45.5 Å². The summed E-state index contributed by atoms with van der Waals surface area (Å²) >= 11 is 3.51. The number of aromatic nitrogens is 2. The number of carbonyl (C=O) groups is 2. The summed E-state index contributed by atoms with van der Waals surface area (Å²) in [4.78, 5) is 36.2. The number of hydrogen-bond donors (Lipinski definition) is 0. The molecule has 30 heavy (non-hydrogen) atoms. The third-order valence-corrected chi connectivity index (χ3v) is 8.04. The highest BCUT2D eigenvalue weighted by Gasteiger charge is 2.55. The van der Waals surface area contributed by atoms with Crippen LogP contribution in [0.3, 0.4) is 0 Å². The topological polar surface area (TPSA) is 72.4 Å². The van der Waals surface area contributed by atoms with E-state index in [4.69, 9.17) is 4.74 Å². The Kier molecular flexibility index (Phi) is 5.44. The maximum Gasteiger partial charge on any atom is 0.241 e. The van der Waals surface area contributed by atoms with Crippen molar-refractivity contribution in [1.29, 1.82) is 0 Å². The Bertz CT molecular complexity index is 1040. The Hall–Kier alpha value is -1.90. The minimum absolute atomic E-state index is 0.00141. The summed E-state index contributed by atoms with van der Waals surface area (Å²) < 4.78 is 6.75. The Morgan fingerprint density at radius 1 is 1.23 bits per heavy atom. The Morgan fingerprint density at radius 3 is 2.70 bits per heavy atom. The number of hydrogen-bond acceptors (Lipinski definition) is 5. The number of carbonyl (C=O) groups excluding carboxylic acids is 2. The lowest BCUT2D eigenvalue weighted by Crippen LogP contribution is -2.42. The second-order valence-corrected chi connectivity index (χ2v) is 16.0. The molecule has 0 radical (unpaired) electrons. The van der Waals surface area contributed by atoms with Crippen LogP contribution in [0.1, 0.15) is 34.1 Å². The van der Waals surface area contributed by atoms with Crippen molar-refractivity contribution < 1.29 is 14.3 Å². The standard InChI is InChI=1S/C22H26BrN3O3Si/c1-14(27)16-7-15-9-22(10-19(15)24-11-16)18-8-17(23)12-25-20(18)26(21(22)28)13-29-5-6-30(2,3)4/h7-8,11-12H,5-6,9-10,13H2,1-4H3/t22-/m0/s1. The lowest BCUT2D eigenvalue weighted by atomic mass is 9.79. The number of ether oxygens (including phenoxy) is 1. The predicted molar refractivity (Wildman–Crippen MR) is 122 cm³/mol. The zero-order valence-corrected chi connectivity index (χ0v) is 20.4. The second-order valence-electron chi connectivity index (χ2n) is 9.43. The highest BCUT2D eigenvalue weighted by atomic mass is 79.9. The van der Waals surface area contributed by atoms with Crippen molar-refractivity contribution in [2.45, 2.75) is 50.9 Å². The quantitative estimate of drug-likeness (QED) is 0.347. The van der Waals surface area contributed by atoms with Crippen molar-refractivity contribution >= 4 is 41.5 Å². The summed E-state index contributed by atoms with van der Waals surface area (Å²) in [5, 5.41) is 0. The highest BCUT2D eigenvalue weighted by molar-refractivity contribution is 9.10. The molecule has 1 amide bonds. The van der Waals surface area contributed by atoms with Gasteiger partial charge in [-0.2, -0.15) is 0 Å². The summed E-state index contributed by atoms with van der Waals surface area (Å²) in [6, 6.07) is 4.91. The molecule has 8 heteroatoms. The zero-order chi connectivity index (χ0) is 21.7. The number of ketones is 1. The molecule has 0 bridgehead atoms. The largest absolute Gasteiger partial charge is 0.361 e. The molecule has 0 saturated heterocycles. The first-order chi connectivity index (χ1) is 14.1. The molecule has 0 N–H and O–H groups in total. The molecule has 6 nitrogen and oxygen atoms in total. The van der Waals surface area contributed by atoms with E-state index in [9.17, 15) is 9.59 Å². The van der Waals surface area contributed by atoms with E-state index in [1.165, 1.54) is 6.92 Å². The first-order valence-corrected chi connectivity index (χ1v) is 14.7. The molecule has 0 saturated carbocycles. The number of halogens is 1. The van der Waals surface area contributed by atoms with Crippen LogP contribution in [0.5, 0.6) is 0 Å². The van der Waals surface area contributed by atoms with Crippen molar-refractivity contribution in [2.24, 2.45) is 0 Å². The molecule has 158 valence electrons. The van der Waals surface area contributed by atoms with E-state index in [1.807, 2.05) is 12.1 Å². The van der Waals surface area contributed by atoms with Gasteiger partial charge in [0, 0.05) is 54.8 Å². The SMILES string of the molecule is CC(=O)c1cnc2c(c1)C[C@@]1(C2)C(=O)N(COCC[Si](C)(C)C)c2ncc(Br)cc21. The first-order valence-electron chi connectivity index (χ1n) is 10.2.